The van der Waals surface area contributed by atoms with Gasteiger partial charge in [0.2, 0.25) is 0 Å². The SMILES string of the molecule is CCCCCCCC=CC(=O)O.CCCCCCCC=CC(=O)O.[Pd]. The van der Waals surface area contributed by atoms with Gasteiger partial charge in [0.15, 0.2) is 0 Å². The van der Waals surface area contributed by atoms with Crippen LogP contribution in [0.1, 0.15) is 90.9 Å². The number of allylic oxidation sites excluding steroid dienone is 2. The van der Waals surface area contributed by atoms with E-state index in [-0.39, 0.29) is 20.4 Å². The van der Waals surface area contributed by atoms with Crippen LogP contribution in [0.25, 0.3) is 0 Å². The molecule has 0 aliphatic heterocycles. The maximum Gasteiger partial charge on any atom is 0.327 e. The van der Waals surface area contributed by atoms with Gasteiger partial charge in [-0.1, -0.05) is 77.4 Å². The van der Waals surface area contributed by atoms with Crippen LogP contribution < -0.4 is 0 Å². The molecule has 0 rings (SSSR count). The maximum absolute atomic E-state index is 10.0. The minimum Gasteiger partial charge on any atom is -0.478 e. The zero-order valence-corrected chi connectivity index (χ0v) is 17.4. The molecule has 5 heteroatoms. The zero-order valence-electron chi connectivity index (χ0n) is 15.8. The van der Waals surface area contributed by atoms with Gasteiger partial charge >= 0.3 is 11.9 Å². The topological polar surface area (TPSA) is 74.6 Å². The van der Waals surface area contributed by atoms with E-state index < -0.39 is 11.9 Å². The molecule has 0 aromatic carbocycles. The fourth-order valence-electron chi connectivity index (χ4n) is 2.10. The van der Waals surface area contributed by atoms with Gasteiger partial charge in [-0.2, -0.15) is 0 Å². The van der Waals surface area contributed by atoms with Gasteiger partial charge in [-0.25, -0.2) is 9.59 Å². The van der Waals surface area contributed by atoms with Crippen LogP contribution in [-0.2, 0) is 30.0 Å². The summed E-state index contributed by atoms with van der Waals surface area (Å²) in [5, 5.41) is 16.5. The molecule has 0 fully saturated rings. The summed E-state index contributed by atoms with van der Waals surface area (Å²) < 4.78 is 0. The molecule has 0 atom stereocenters. The number of carboxylic acids is 2. The second-order valence-electron chi connectivity index (χ2n) is 5.89. The fraction of sp³-hybridized carbons (Fsp3) is 0.700. The summed E-state index contributed by atoms with van der Waals surface area (Å²) in [5.41, 5.74) is 0. The van der Waals surface area contributed by atoms with Gasteiger partial charge in [0.05, 0.1) is 0 Å². The van der Waals surface area contributed by atoms with Crippen LogP contribution in [0.4, 0.5) is 0 Å². The van der Waals surface area contributed by atoms with E-state index in [1.165, 1.54) is 63.5 Å². The van der Waals surface area contributed by atoms with Crippen LogP contribution in [0.5, 0.6) is 0 Å². The molecule has 0 aliphatic rings. The smallest absolute Gasteiger partial charge is 0.327 e. The van der Waals surface area contributed by atoms with Crippen molar-refractivity contribution in [2.24, 2.45) is 0 Å². The minimum absolute atomic E-state index is 0. The standard InChI is InChI=1S/2C10H18O2.Pd/c2*1-2-3-4-5-6-7-8-9-10(11)12;/h2*8-9H,2-7H2,1H3,(H,11,12);. The predicted octanol–water partition coefficient (Wildman–Crippen LogP) is 5.97. The van der Waals surface area contributed by atoms with Crippen LogP contribution in [0, 0.1) is 0 Å². The summed E-state index contributed by atoms with van der Waals surface area (Å²) in [7, 11) is 0. The Balaban J connectivity index is -0.000000372. The van der Waals surface area contributed by atoms with Crippen molar-refractivity contribution in [1.29, 1.82) is 0 Å². The van der Waals surface area contributed by atoms with Gasteiger partial charge in [-0.05, 0) is 25.7 Å². The van der Waals surface area contributed by atoms with Crippen LogP contribution in [-0.4, -0.2) is 22.2 Å². The molecule has 0 bridgehead atoms. The van der Waals surface area contributed by atoms with E-state index in [0.29, 0.717) is 0 Å². The maximum atomic E-state index is 10.0. The largest absolute Gasteiger partial charge is 0.478 e. The van der Waals surface area contributed by atoms with Gasteiger partial charge in [0.1, 0.15) is 0 Å². The van der Waals surface area contributed by atoms with E-state index in [0.717, 1.165) is 25.7 Å². The van der Waals surface area contributed by atoms with Crippen molar-refractivity contribution in [3.8, 4) is 0 Å². The van der Waals surface area contributed by atoms with Crippen LogP contribution in [0.3, 0.4) is 0 Å². The molecule has 0 aromatic heterocycles. The van der Waals surface area contributed by atoms with Gasteiger partial charge < -0.3 is 10.2 Å². The van der Waals surface area contributed by atoms with Crippen molar-refractivity contribution in [1.82, 2.24) is 0 Å². The Labute approximate surface area is 167 Å². The zero-order chi connectivity index (χ0) is 18.5. The van der Waals surface area contributed by atoms with Gasteiger partial charge in [-0.15, -0.1) is 0 Å². The van der Waals surface area contributed by atoms with E-state index in [4.69, 9.17) is 10.2 Å². The Bertz CT molecular complexity index is 318. The average molecular weight is 447 g/mol. The third kappa shape index (κ3) is 35.2. The van der Waals surface area contributed by atoms with E-state index in [1.807, 2.05) is 0 Å². The summed E-state index contributed by atoms with van der Waals surface area (Å²) >= 11 is 0. The third-order valence-electron chi connectivity index (χ3n) is 3.47. The number of rotatable bonds is 14. The van der Waals surface area contributed by atoms with Crippen molar-refractivity contribution in [3.05, 3.63) is 24.3 Å². The first-order chi connectivity index (χ1) is 11.5. The molecule has 0 amide bonds. The Morgan fingerprint density at radius 1 is 0.640 bits per heavy atom. The molecular formula is C20H36O4Pd. The Hall–Kier alpha value is -0.918. The van der Waals surface area contributed by atoms with Crippen molar-refractivity contribution in [2.45, 2.75) is 90.9 Å². The number of hydrogen-bond donors (Lipinski definition) is 2. The molecular weight excluding hydrogens is 411 g/mol. The molecule has 150 valence electrons. The van der Waals surface area contributed by atoms with Crippen LogP contribution in [0.2, 0.25) is 0 Å². The molecule has 2 N–H and O–H groups in total. The third-order valence-corrected chi connectivity index (χ3v) is 3.47. The van der Waals surface area contributed by atoms with Crippen molar-refractivity contribution >= 4 is 11.9 Å². The van der Waals surface area contributed by atoms with Gasteiger partial charge in [0, 0.05) is 32.6 Å². The molecule has 0 radical (unpaired) electrons. The van der Waals surface area contributed by atoms with E-state index in [1.54, 1.807) is 12.2 Å². The average Bonchev–Trinajstić information content (AvgIpc) is 2.53. The molecule has 0 heterocycles. The molecule has 0 aromatic rings. The van der Waals surface area contributed by atoms with Gasteiger partial charge in [0.25, 0.3) is 0 Å². The number of carbonyl (C=O) groups is 2. The normalized spacial score (nSPS) is 10.3. The second kappa shape index (κ2) is 25.3. The molecule has 0 saturated carbocycles. The fourth-order valence-corrected chi connectivity index (χ4v) is 2.10. The first-order valence-electron chi connectivity index (χ1n) is 9.33. The summed E-state index contributed by atoms with van der Waals surface area (Å²) in [5.74, 6) is -1.69. The molecule has 0 aliphatic carbocycles. The Kier molecular flexibility index (Phi) is 29.2. The summed E-state index contributed by atoms with van der Waals surface area (Å²) in [6, 6.07) is 0. The number of carboxylic acid groups (broad SMARTS) is 2. The summed E-state index contributed by atoms with van der Waals surface area (Å²) in [6.07, 6.45) is 20.0. The number of aliphatic carboxylic acids is 2. The van der Waals surface area contributed by atoms with Gasteiger partial charge in [-0.3, -0.25) is 0 Å². The second-order valence-corrected chi connectivity index (χ2v) is 5.89. The molecule has 0 spiro atoms. The summed E-state index contributed by atoms with van der Waals surface area (Å²) in [6.45, 7) is 4.37. The first kappa shape index (κ1) is 28.9. The molecule has 4 nitrogen and oxygen atoms in total. The van der Waals surface area contributed by atoms with Crippen LogP contribution in [0.15, 0.2) is 24.3 Å². The number of hydrogen-bond acceptors (Lipinski definition) is 2. The van der Waals surface area contributed by atoms with E-state index in [2.05, 4.69) is 13.8 Å². The summed E-state index contributed by atoms with van der Waals surface area (Å²) in [4.78, 5) is 20.1. The quantitative estimate of drug-likeness (QED) is 0.196. The predicted molar refractivity (Wildman–Crippen MR) is 100 cm³/mol. The van der Waals surface area contributed by atoms with Crippen molar-refractivity contribution < 1.29 is 40.2 Å². The van der Waals surface area contributed by atoms with Crippen molar-refractivity contribution in [2.75, 3.05) is 0 Å². The first-order valence-corrected chi connectivity index (χ1v) is 9.33. The molecule has 25 heavy (non-hydrogen) atoms. The van der Waals surface area contributed by atoms with Crippen molar-refractivity contribution in [3.63, 3.8) is 0 Å². The Morgan fingerprint density at radius 3 is 1.24 bits per heavy atom. The molecule has 0 saturated heterocycles. The minimum atomic E-state index is -0.844. The van der Waals surface area contributed by atoms with Crippen LogP contribution >= 0.6 is 0 Å². The Morgan fingerprint density at radius 2 is 0.960 bits per heavy atom. The monoisotopic (exact) mass is 446 g/mol. The van der Waals surface area contributed by atoms with E-state index in [9.17, 15) is 9.59 Å². The molecule has 0 unspecified atom stereocenters. The van der Waals surface area contributed by atoms with E-state index >= 15 is 0 Å². The number of unbranched alkanes of at least 4 members (excludes halogenated alkanes) is 10.